The van der Waals surface area contributed by atoms with E-state index in [2.05, 4.69) is 16.9 Å². The number of ether oxygens (including phenoxy) is 1. The van der Waals surface area contributed by atoms with E-state index in [1.165, 1.54) is 7.11 Å². The number of hydrogen-bond donors (Lipinski definition) is 2. The average molecular weight is 272 g/mol. The van der Waals surface area contributed by atoms with Crippen LogP contribution in [0, 0.1) is 0 Å². The van der Waals surface area contributed by atoms with E-state index in [-0.39, 0.29) is 18.5 Å². The molecule has 0 heterocycles. The minimum absolute atomic E-state index is 0.0785. The van der Waals surface area contributed by atoms with Crippen LogP contribution in [0.15, 0.2) is 12.2 Å². The van der Waals surface area contributed by atoms with Crippen molar-refractivity contribution < 1.29 is 19.7 Å². The molecule has 0 amide bonds. The maximum Gasteiger partial charge on any atom is 0.308 e. The third-order valence-corrected chi connectivity index (χ3v) is 3.08. The van der Waals surface area contributed by atoms with E-state index in [1.54, 1.807) is 0 Å². The van der Waals surface area contributed by atoms with Crippen LogP contribution in [-0.4, -0.2) is 35.5 Å². The Morgan fingerprint density at radius 3 is 2.11 bits per heavy atom. The molecule has 0 saturated heterocycles. The summed E-state index contributed by atoms with van der Waals surface area (Å²) in [6.07, 6.45) is 9.61. The Bertz CT molecular complexity index is 251. The molecule has 0 fully saturated rings. The Balaban J connectivity index is 3.40. The van der Waals surface area contributed by atoms with Crippen LogP contribution >= 0.6 is 0 Å². The van der Waals surface area contributed by atoms with Crippen molar-refractivity contribution >= 4 is 5.97 Å². The van der Waals surface area contributed by atoms with Crippen molar-refractivity contribution in [1.29, 1.82) is 0 Å². The molecule has 0 aromatic carbocycles. The summed E-state index contributed by atoms with van der Waals surface area (Å²) < 4.78 is 4.49. The summed E-state index contributed by atoms with van der Waals surface area (Å²) in [6, 6.07) is 0. The SMILES string of the molecule is CCC(O)CCC/C=C\CCCC(O)CC(=O)OC. The fraction of sp³-hybridized carbons (Fsp3) is 0.800. The van der Waals surface area contributed by atoms with E-state index in [9.17, 15) is 15.0 Å². The number of carbonyl (C=O) groups excluding carboxylic acids is 1. The highest BCUT2D eigenvalue weighted by Crippen LogP contribution is 2.08. The van der Waals surface area contributed by atoms with E-state index in [0.717, 1.165) is 38.5 Å². The van der Waals surface area contributed by atoms with Crippen molar-refractivity contribution in [3.63, 3.8) is 0 Å². The van der Waals surface area contributed by atoms with Crippen molar-refractivity contribution in [2.45, 2.75) is 70.5 Å². The number of rotatable bonds is 11. The average Bonchev–Trinajstić information content (AvgIpc) is 2.41. The predicted molar refractivity (Wildman–Crippen MR) is 75.8 cm³/mol. The van der Waals surface area contributed by atoms with E-state index < -0.39 is 6.10 Å². The van der Waals surface area contributed by atoms with Gasteiger partial charge in [-0.3, -0.25) is 4.79 Å². The van der Waals surface area contributed by atoms with Crippen molar-refractivity contribution in [1.82, 2.24) is 0 Å². The van der Waals surface area contributed by atoms with Gasteiger partial charge in [0.1, 0.15) is 0 Å². The lowest BCUT2D eigenvalue weighted by Crippen LogP contribution is -2.14. The Labute approximate surface area is 116 Å². The number of methoxy groups -OCH3 is 1. The second kappa shape index (κ2) is 12.2. The van der Waals surface area contributed by atoms with Crippen LogP contribution in [-0.2, 0) is 9.53 Å². The van der Waals surface area contributed by atoms with Gasteiger partial charge in [-0.25, -0.2) is 0 Å². The Kier molecular flexibility index (Phi) is 11.6. The minimum atomic E-state index is -0.597. The molecule has 0 rings (SSSR count). The highest BCUT2D eigenvalue weighted by atomic mass is 16.5. The first-order valence-corrected chi connectivity index (χ1v) is 7.18. The number of unbranched alkanes of at least 4 members (excludes halogenated alkanes) is 2. The first-order valence-electron chi connectivity index (χ1n) is 7.18. The van der Waals surface area contributed by atoms with Crippen LogP contribution in [0.25, 0.3) is 0 Å². The maximum absolute atomic E-state index is 10.9. The van der Waals surface area contributed by atoms with Gasteiger partial charge in [-0.15, -0.1) is 0 Å². The minimum Gasteiger partial charge on any atom is -0.469 e. The largest absolute Gasteiger partial charge is 0.469 e. The summed E-state index contributed by atoms with van der Waals surface area (Å²) in [4.78, 5) is 10.9. The van der Waals surface area contributed by atoms with Crippen molar-refractivity contribution in [3.05, 3.63) is 12.2 Å². The van der Waals surface area contributed by atoms with Crippen LogP contribution in [0.5, 0.6) is 0 Å². The lowest BCUT2D eigenvalue weighted by Gasteiger charge is -2.07. The second-order valence-electron chi connectivity index (χ2n) is 4.83. The van der Waals surface area contributed by atoms with E-state index >= 15 is 0 Å². The highest BCUT2D eigenvalue weighted by Gasteiger charge is 2.09. The van der Waals surface area contributed by atoms with Crippen LogP contribution in [0.4, 0.5) is 0 Å². The van der Waals surface area contributed by atoms with Gasteiger partial charge in [-0.2, -0.15) is 0 Å². The fourth-order valence-electron chi connectivity index (χ4n) is 1.76. The van der Waals surface area contributed by atoms with Gasteiger partial charge >= 0.3 is 5.97 Å². The number of carbonyl (C=O) groups is 1. The van der Waals surface area contributed by atoms with Gasteiger partial charge in [0.25, 0.3) is 0 Å². The smallest absolute Gasteiger partial charge is 0.308 e. The summed E-state index contributed by atoms with van der Waals surface area (Å²) in [6.45, 7) is 1.99. The molecule has 0 aliphatic heterocycles. The predicted octanol–water partition coefficient (Wildman–Crippen LogP) is 2.58. The van der Waals surface area contributed by atoms with Gasteiger partial charge in [-0.05, 0) is 44.9 Å². The Morgan fingerprint density at radius 1 is 1.11 bits per heavy atom. The lowest BCUT2D eigenvalue weighted by atomic mass is 10.1. The topological polar surface area (TPSA) is 66.8 Å². The zero-order valence-electron chi connectivity index (χ0n) is 12.2. The molecule has 4 nitrogen and oxygen atoms in total. The first kappa shape index (κ1) is 18.1. The van der Waals surface area contributed by atoms with Gasteiger partial charge in [0, 0.05) is 0 Å². The fourth-order valence-corrected chi connectivity index (χ4v) is 1.76. The van der Waals surface area contributed by atoms with Gasteiger partial charge in [0.05, 0.1) is 25.7 Å². The maximum atomic E-state index is 10.9. The number of allylic oxidation sites excluding steroid dienone is 2. The summed E-state index contributed by atoms with van der Waals surface area (Å²) in [5.41, 5.74) is 0. The molecule has 0 saturated carbocycles. The Hall–Kier alpha value is -0.870. The Morgan fingerprint density at radius 2 is 1.63 bits per heavy atom. The van der Waals surface area contributed by atoms with Gasteiger partial charge in [-0.1, -0.05) is 19.1 Å². The number of hydrogen-bond acceptors (Lipinski definition) is 4. The molecule has 0 radical (unpaired) electrons. The molecule has 2 N–H and O–H groups in total. The second-order valence-corrected chi connectivity index (χ2v) is 4.83. The summed E-state index contributed by atoms with van der Waals surface area (Å²) in [7, 11) is 1.33. The molecule has 0 spiro atoms. The monoisotopic (exact) mass is 272 g/mol. The molecule has 2 unspecified atom stereocenters. The number of esters is 1. The van der Waals surface area contributed by atoms with E-state index in [1.807, 2.05) is 6.92 Å². The summed E-state index contributed by atoms with van der Waals surface area (Å²) >= 11 is 0. The molecular formula is C15H28O4. The first-order chi connectivity index (χ1) is 9.10. The van der Waals surface area contributed by atoms with Gasteiger partial charge in [0.15, 0.2) is 0 Å². The molecule has 0 aromatic rings. The zero-order chi connectivity index (χ0) is 14.5. The quantitative estimate of drug-likeness (QED) is 0.345. The van der Waals surface area contributed by atoms with Crippen LogP contribution in [0.1, 0.15) is 58.3 Å². The third kappa shape index (κ3) is 11.9. The normalized spacial score (nSPS) is 14.5. The lowest BCUT2D eigenvalue weighted by molar-refractivity contribution is -0.142. The molecule has 0 aliphatic rings. The molecular weight excluding hydrogens is 244 g/mol. The standard InChI is InChI=1S/C15H28O4/c1-3-13(16)10-8-6-4-5-7-9-11-14(17)12-15(18)19-2/h4-5,13-14,16-17H,3,6-12H2,1-2H3/b5-4-. The molecule has 2 atom stereocenters. The number of aliphatic hydroxyl groups is 2. The summed E-state index contributed by atoms with van der Waals surface area (Å²) in [5.74, 6) is -0.363. The van der Waals surface area contributed by atoms with Crippen LogP contribution < -0.4 is 0 Å². The van der Waals surface area contributed by atoms with Crippen molar-refractivity contribution in [2.75, 3.05) is 7.11 Å². The van der Waals surface area contributed by atoms with Crippen molar-refractivity contribution in [3.8, 4) is 0 Å². The van der Waals surface area contributed by atoms with Gasteiger partial charge < -0.3 is 14.9 Å². The highest BCUT2D eigenvalue weighted by molar-refractivity contribution is 5.69. The molecule has 0 aromatic heterocycles. The molecule has 4 heteroatoms. The zero-order valence-corrected chi connectivity index (χ0v) is 12.2. The van der Waals surface area contributed by atoms with Gasteiger partial charge in [0.2, 0.25) is 0 Å². The van der Waals surface area contributed by atoms with E-state index in [4.69, 9.17) is 0 Å². The van der Waals surface area contributed by atoms with E-state index in [0.29, 0.717) is 6.42 Å². The summed E-state index contributed by atoms with van der Waals surface area (Å²) in [5, 5.41) is 18.9. The molecule has 112 valence electrons. The van der Waals surface area contributed by atoms with Crippen molar-refractivity contribution in [2.24, 2.45) is 0 Å². The van der Waals surface area contributed by atoms with Crippen LogP contribution in [0.3, 0.4) is 0 Å². The molecule has 0 aliphatic carbocycles. The van der Waals surface area contributed by atoms with Crippen LogP contribution in [0.2, 0.25) is 0 Å². The molecule has 0 bridgehead atoms. The molecule has 19 heavy (non-hydrogen) atoms. The number of aliphatic hydroxyl groups excluding tert-OH is 2. The third-order valence-electron chi connectivity index (χ3n) is 3.08.